The maximum atomic E-state index is 12.4. The third-order valence-electron chi connectivity index (χ3n) is 6.04. The lowest BCUT2D eigenvalue weighted by Crippen LogP contribution is -2.45. The molecule has 1 fully saturated rings. The van der Waals surface area contributed by atoms with Gasteiger partial charge in [-0.3, -0.25) is 19.9 Å². The lowest BCUT2D eigenvalue weighted by Gasteiger charge is -2.26. The predicted molar refractivity (Wildman–Crippen MR) is 134 cm³/mol. The first-order chi connectivity index (χ1) is 16.4. The van der Waals surface area contributed by atoms with Crippen LogP contribution in [0.25, 0.3) is 22.2 Å². The minimum Gasteiger partial charge on any atom is -0.379 e. The molecule has 4 heterocycles. The second-order valence-corrected chi connectivity index (χ2v) is 9.47. The summed E-state index contributed by atoms with van der Waals surface area (Å²) in [6.07, 6.45) is 8.70. The Balaban J connectivity index is 1.39. The van der Waals surface area contributed by atoms with Crippen molar-refractivity contribution in [3.63, 3.8) is 0 Å². The average Bonchev–Trinajstić information content (AvgIpc) is 3.28. The summed E-state index contributed by atoms with van der Waals surface area (Å²) in [4.78, 5) is 24.0. The lowest BCUT2D eigenvalue weighted by molar-refractivity contribution is 0.0368. The fourth-order valence-corrected chi connectivity index (χ4v) is 4.29. The fourth-order valence-electron chi connectivity index (χ4n) is 4.29. The highest BCUT2D eigenvalue weighted by molar-refractivity contribution is 5.90. The molecule has 9 heteroatoms. The van der Waals surface area contributed by atoms with E-state index in [1.165, 1.54) is 0 Å². The molecule has 34 heavy (non-hydrogen) atoms. The molecule has 2 amide bonds. The number of carbonyl (C=O) groups excluding carboxylic acids is 1. The Morgan fingerprint density at radius 2 is 1.94 bits per heavy atom. The molecule has 4 rings (SSSR count). The van der Waals surface area contributed by atoms with Crippen LogP contribution < -0.4 is 10.6 Å². The summed E-state index contributed by atoms with van der Waals surface area (Å²) in [5, 5.41) is 10.4. The predicted octanol–water partition coefficient (Wildman–Crippen LogP) is 3.92. The molecule has 0 atom stereocenters. The number of nitrogens with zero attached hydrogens (tertiary/aromatic N) is 5. The van der Waals surface area contributed by atoms with E-state index in [2.05, 4.69) is 37.5 Å². The number of fused-ring (bicyclic) bond motifs is 1. The van der Waals surface area contributed by atoms with Gasteiger partial charge in [-0.1, -0.05) is 13.3 Å². The van der Waals surface area contributed by atoms with Crippen LogP contribution in [0.1, 0.15) is 40.0 Å². The number of ether oxygens (including phenoxy) is 1. The number of urea groups is 1. The standard InChI is InChI=1S/C25H35N7O2/c1-4-8-25(2,3)30-24(33)29-23-7-6-21-22(28-23)15-19(16-26-21)20-17-27-32(18-20)10-5-9-31-11-13-34-14-12-31/h6-7,15-18H,4-5,8-14H2,1-3H3,(H2,28,29,30,33). The van der Waals surface area contributed by atoms with Crippen LogP contribution >= 0.6 is 0 Å². The van der Waals surface area contributed by atoms with Crippen LogP contribution in [0.3, 0.4) is 0 Å². The van der Waals surface area contributed by atoms with E-state index in [9.17, 15) is 4.79 Å². The van der Waals surface area contributed by atoms with Crippen LogP contribution in [0.5, 0.6) is 0 Å². The highest BCUT2D eigenvalue weighted by Crippen LogP contribution is 2.23. The summed E-state index contributed by atoms with van der Waals surface area (Å²) in [7, 11) is 0. The molecule has 3 aromatic rings. The zero-order valence-corrected chi connectivity index (χ0v) is 20.4. The zero-order valence-electron chi connectivity index (χ0n) is 20.4. The van der Waals surface area contributed by atoms with Crippen molar-refractivity contribution < 1.29 is 9.53 Å². The van der Waals surface area contributed by atoms with E-state index in [-0.39, 0.29) is 11.6 Å². The third kappa shape index (κ3) is 6.51. The van der Waals surface area contributed by atoms with E-state index < -0.39 is 0 Å². The van der Waals surface area contributed by atoms with Gasteiger partial charge in [0.2, 0.25) is 0 Å². The average molecular weight is 466 g/mol. The molecule has 0 radical (unpaired) electrons. The first-order valence-corrected chi connectivity index (χ1v) is 12.1. The minimum atomic E-state index is -0.271. The van der Waals surface area contributed by atoms with E-state index in [1.807, 2.05) is 49.3 Å². The summed E-state index contributed by atoms with van der Waals surface area (Å²) >= 11 is 0. The fraction of sp³-hybridized carbons (Fsp3) is 0.520. The van der Waals surface area contributed by atoms with Gasteiger partial charge in [-0.05, 0) is 44.9 Å². The van der Waals surface area contributed by atoms with Crippen molar-refractivity contribution >= 4 is 22.9 Å². The summed E-state index contributed by atoms with van der Waals surface area (Å²) in [5.41, 5.74) is 3.18. The van der Waals surface area contributed by atoms with Gasteiger partial charge in [-0.2, -0.15) is 5.10 Å². The Bertz CT molecular complexity index is 1110. The number of hydrogen-bond donors (Lipinski definition) is 2. The van der Waals surface area contributed by atoms with Gasteiger partial charge >= 0.3 is 6.03 Å². The van der Waals surface area contributed by atoms with Gasteiger partial charge in [0, 0.05) is 55.2 Å². The third-order valence-corrected chi connectivity index (χ3v) is 6.04. The van der Waals surface area contributed by atoms with Crippen LogP contribution in [0.15, 0.2) is 36.8 Å². The molecule has 2 N–H and O–H groups in total. The quantitative estimate of drug-likeness (QED) is 0.497. The monoisotopic (exact) mass is 465 g/mol. The van der Waals surface area contributed by atoms with Crippen molar-refractivity contribution in [2.24, 2.45) is 0 Å². The van der Waals surface area contributed by atoms with Gasteiger partial charge in [0.25, 0.3) is 0 Å². The number of morpholine rings is 1. The van der Waals surface area contributed by atoms with E-state index in [4.69, 9.17) is 4.74 Å². The van der Waals surface area contributed by atoms with Crippen LogP contribution in [-0.4, -0.2) is 69.1 Å². The molecule has 0 unspecified atom stereocenters. The summed E-state index contributed by atoms with van der Waals surface area (Å²) in [5.74, 6) is 0.495. The summed E-state index contributed by atoms with van der Waals surface area (Å²) < 4.78 is 7.39. The first kappa shape index (κ1) is 24.1. The molecule has 9 nitrogen and oxygen atoms in total. The Morgan fingerprint density at radius 3 is 2.74 bits per heavy atom. The van der Waals surface area contributed by atoms with Gasteiger partial charge in [0.15, 0.2) is 0 Å². The van der Waals surface area contributed by atoms with Crippen molar-refractivity contribution in [1.29, 1.82) is 0 Å². The second kappa shape index (κ2) is 10.9. The van der Waals surface area contributed by atoms with E-state index in [1.54, 1.807) is 6.07 Å². The number of aryl methyl sites for hydroxylation is 1. The topological polar surface area (TPSA) is 97.2 Å². The molecule has 0 saturated carbocycles. The van der Waals surface area contributed by atoms with Crippen LogP contribution in [-0.2, 0) is 11.3 Å². The van der Waals surface area contributed by atoms with Crippen LogP contribution in [0, 0.1) is 0 Å². The summed E-state index contributed by atoms with van der Waals surface area (Å²) in [6, 6.07) is 5.37. The minimum absolute atomic E-state index is 0.257. The second-order valence-electron chi connectivity index (χ2n) is 9.47. The van der Waals surface area contributed by atoms with Gasteiger partial charge in [-0.25, -0.2) is 9.78 Å². The number of anilines is 1. The molecule has 0 aliphatic carbocycles. The number of nitrogens with one attached hydrogen (secondary N) is 2. The Hall–Kier alpha value is -3.04. The number of aromatic nitrogens is 4. The van der Waals surface area contributed by atoms with Crippen LogP contribution in [0.2, 0.25) is 0 Å². The number of hydrogen-bond acceptors (Lipinski definition) is 6. The van der Waals surface area contributed by atoms with Crippen molar-refractivity contribution in [3.8, 4) is 11.1 Å². The number of amides is 2. The largest absolute Gasteiger partial charge is 0.379 e. The number of pyridine rings is 2. The SMILES string of the molecule is CCCC(C)(C)NC(=O)Nc1ccc2ncc(-c3cnn(CCCN4CCOCC4)c3)cc2n1. The van der Waals surface area contributed by atoms with Crippen LogP contribution in [0.4, 0.5) is 10.6 Å². The molecular formula is C25H35N7O2. The molecule has 182 valence electrons. The Labute approximate surface area is 200 Å². The molecule has 3 aromatic heterocycles. The highest BCUT2D eigenvalue weighted by Gasteiger charge is 2.19. The molecule has 1 saturated heterocycles. The Morgan fingerprint density at radius 1 is 1.12 bits per heavy atom. The van der Waals surface area contributed by atoms with Gasteiger partial charge in [0.05, 0.1) is 30.4 Å². The maximum Gasteiger partial charge on any atom is 0.320 e. The number of carbonyl (C=O) groups is 1. The van der Waals surface area contributed by atoms with Crippen molar-refractivity contribution in [2.45, 2.75) is 52.1 Å². The van der Waals surface area contributed by atoms with E-state index in [0.717, 1.165) is 80.8 Å². The normalized spacial score (nSPS) is 14.9. The maximum absolute atomic E-state index is 12.4. The lowest BCUT2D eigenvalue weighted by atomic mass is 9.99. The van der Waals surface area contributed by atoms with Gasteiger partial charge < -0.3 is 10.1 Å². The molecular weight excluding hydrogens is 430 g/mol. The Kier molecular flexibility index (Phi) is 7.74. The van der Waals surface area contributed by atoms with Gasteiger partial charge in [-0.15, -0.1) is 0 Å². The zero-order chi connectivity index (χ0) is 24.0. The highest BCUT2D eigenvalue weighted by atomic mass is 16.5. The molecule has 1 aliphatic rings. The smallest absolute Gasteiger partial charge is 0.320 e. The van der Waals surface area contributed by atoms with Gasteiger partial charge in [0.1, 0.15) is 5.82 Å². The molecule has 0 spiro atoms. The van der Waals surface area contributed by atoms with E-state index in [0.29, 0.717) is 5.82 Å². The molecule has 0 aromatic carbocycles. The van der Waals surface area contributed by atoms with E-state index >= 15 is 0 Å². The van der Waals surface area contributed by atoms with Crippen molar-refractivity contribution in [2.75, 3.05) is 38.2 Å². The van der Waals surface area contributed by atoms with Crippen molar-refractivity contribution in [1.82, 2.24) is 30.0 Å². The number of rotatable bonds is 9. The molecule has 1 aliphatic heterocycles. The first-order valence-electron chi connectivity index (χ1n) is 12.1. The summed E-state index contributed by atoms with van der Waals surface area (Å²) in [6.45, 7) is 11.7. The van der Waals surface area contributed by atoms with Crippen molar-refractivity contribution in [3.05, 3.63) is 36.8 Å². The molecule has 0 bridgehead atoms.